The zero-order valence-corrected chi connectivity index (χ0v) is 15.6. The number of carbonyl (C=O) groups excluding carboxylic acids is 2. The molecule has 2 aliphatic rings. The maximum absolute atomic E-state index is 12.9. The predicted octanol–water partition coefficient (Wildman–Crippen LogP) is 3.02. The van der Waals surface area contributed by atoms with Crippen molar-refractivity contribution in [3.63, 3.8) is 0 Å². The SMILES string of the molecule is CC1CN(C(=O)c2ocnc2C2CC2)CC(C)N1C(=O)OC(C)(C)C. The van der Waals surface area contributed by atoms with E-state index in [0.717, 1.165) is 18.5 Å². The van der Waals surface area contributed by atoms with Gasteiger partial charge in [-0.2, -0.15) is 0 Å². The monoisotopic (exact) mass is 349 g/mol. The second-order valence-electron chi connectivity index (χ2n) is 8.14. The van der Waals surface area contributed by atoms with Gasteiger partial charge in [-0.05, 0) is 47.5 Å². The van der Waals surface area contributed by atoms with Crippen LogP contribution in [0.3, 0.4) is 0 Å². The first-order valence-corrected chi connectivity index (χ1v) is 8.91. The van der Waals surface area contributed by atoms with Crippen molar-refractivity contribution < 1.29 is 18.7 Å². The van der Waals surface area contributed by atoms with Crippen molar-refractivity contribution in [3.8, 4) is 0 Å². The highest BCUT2D eigenvalue weighted by atomic mass is 16.6. The molecule has 25 heavy (non-hydrogen) atoms. The minimum Gasteiger partial charge on any atom is -0.444 e. The summed E-state index contributed by atoms with van der Waals surface area (Å²) in [6.45, 7) is 10.3. The largest absolute Gasteiger partial charge is 0.444 e. The van der Waals surface area contributed by atoms with E-state index in [4.69, 9.17) is 9.15 Å². The average molecular weight is 349 g/mol. The number of piperazine rings is 1. The van der Waals surface area contributed by atoms with Crippen molar-refractivity contribution in [1.29, 1.82) is 0 Å². The number of amides is 2. The number of ether oxygens (including phenoxy) is 1. The molecular weight excluding hydrogens is 322 g/mol. The average Bonchev–Trinajstić information content (AvgIpc) is 3.21. The van der Waals surface area contributed by atoms with Crippen LogP contribution in [-0.4, -0.2) is 57.6 Å². The zero-order chi connectivity index (χ0) is 18.4. The predicted molar refractivity (Wildman–Crippen MR) is 91.4 cm³/mol. The van der Waals surface area contributed by atoms with E-state index in [1.807, 2.05) is 34.6 Å². The fraction of sp³-hybridized carbons (Fsp3) is 0.722. The first kappa shape index (κ1) is 17.8. The molecule has 0 N–H and O–H groups in total. The van der Waals surface area contributed by atoms with Crippen molar-refractivity contribution >= 4 is 12.0 Å². The molecule has 1 aromatic rings. The van der Waals surface area contributed by atoms with Crippen molar-refractivity contribution in [3.05, 3.63) is 17.8 Å². The van der Waals surface area contributed by atoms with E-state index in [1.165, 1.54) is 6.39 Å². The normalized spacial score (nSPS) is 24.4. The number of nitrogens with zero attached hydrogens (tertiary/aromatic N) is 3. The molecule has 0 aromatic carbocycles. The van der Waals surface area contributed by atoms with Crippen LogP contribution in [0.2, 0.25) is 0 Å². The molecule has 2 unspecified atom stereocenters. The summed E-state index contributed by atoms with van der Waals surface area (Å²) in [5.74, 6) is 0.574. The van der Waals surface area contributed by atoms with Gasteiger partial charge in [-0.1, -0.05) is 0 Å². The highest BCUT2D eigenvalue weighted by Gasteiger charge is 2.40. The van der Waals surface area contributed by atoms with Gasteiger partial charge in [-0.25, -0.2) is 9.78 Å². The lowest BCUT2D eigenvalue weighted by Crippen LogP contribution is -2.60. The lowest BCUT2D eigenvalue weighted by atomic mass is 10.1. The molecule has 1 saturated carbocycles. The molecule has 7 heteroatoms. The Morgan fingerprint density at radius 1 is 1.20 bits per heavy atom. The Kier molecular flexibility index (Phi) is 4.51. The molecule has 2 atom stereocenters. The van der Waals surface area contributed by atoms with Gasteiger partial charge in [-0.3, -0.25) is 9.69 Å². The Bertz CT molecular complexity index is 648. The fourth-order valence-electron chi connectivity index (χ4n) is 3.37. The van der Waals surface area contributed by atoms with Gasteiger partial charge in [0.1, 0.15) is 5.60 Å². The summed E-state index contributed by atoms with van der Waals surface area (Å²) in [5, 5.41) is 0. The maximum atomic E-state index is 12.9. The molecule has 1 aliphatic heterocycles. The molecule has 0 radical (unpaired) electrons. The summed E-state index contributed by atoms with van der Waals surface area (Å²) in [4.78, 5) is 33.0. The Labute approximate surface area is 148 Å². The van der Waals surface area contributed by atoms with Gasteiger partial charge in [0.2, 0.25) is 5.76 Å². The van der Waals surface area contributed by atoms with Crippen LogP contribution in [0.25, 0.3) is 0 Å². The van der Waals surface area contributed by atoms with Crippen molar-refractivity contribution in [2.45, 2.75) is 71.1 Å². The lowest BCUT2D eigenvalue weighted by Gasteiger charge is -2.44. The second kappa shape index (κ2) is 6.35. The molecule has 2 amide bonds. The van der Waals surface area contributed by atoms with Gasteiger partial charge in [0.15, 0.2) is 6.39 Å². The third-order valence-corrected chi connectivity index (χ3v) is 4.56. The van der Waals surface area contributed by atoms with Gasteiger partial charge in [-0.15, -0.1) is 0 Å². The molecule has 1 aliphatic carbocycles. The molecule has 1 saturated heterocycles. The number of aromatic nitrogens is 1. The van der Waals surface area contributed by atoms with Crippen LogP contribution in [0, 0.1) is 0 Å². The quantitative estimate of drug-likeness (QED) is 0.820. The highest BCUT2D eigenvalue weighted by Crippen LogP contribution is 2.41. The molecule has 2 fully saturated rings. The summed E-state index contributed by atoms with van der Waals surface area (Å²) < 4.78 is 10.9. The van der Waals surface area contributed by atoms with Gasteiger partial charge in [0, 0.05) is 19.0 Å². The molecule has 138 valence electrons. The van der Waals surface area contributed by atoms with E-state index in [0.29, 0.717) is 24.8 Å². The molecule has 0 bridgehead atoms. The molecule has 1 aromatic heterocycles. The number of hydrogen-bond donors (Lipinski definition) is 0. The van der Waals surface area contributed by atoms with E-state index < -0.39 is 5.60 Å². The van der Waals surface area contributed by atoms with Crippen molar-refractivity contribution in [1.82, 2.24) is 14.8 Å². The van der Waals surface area contributed by atoms with Crippen LogP contribution in [0.4, 0.5) is 4.79 Å². The lowest BCUT2D eigenvalue weighted by molar-refractivity contribution is -0.0134. The van der Waals surface area contributed by atoms with Crippen LogP contribution in [0.1, 0.15) is 69.6 Å². The Hall–Kier alpha value is -2.05. The highest BCUT2D eigenvalue weighted by molar-refractivity contribution is 5.93. The Balaban J connectivity index is 1.70. The third kappa shape index (κ3) is 3.80. The van der Waals surface area contributed by atoms with Crippen LogP contribution in [0.5, 0.6) is 0 Å². The smallest absolute Gasteiger partial charge is 0.410 e. The molecule has 7 nitrogen and oxygen atoms in total. The number of hydrogen-bond acceptors (Lipinski definition) is 5. The minimum atomic E-state index is -0.539. The van der Waals surface area contributed by atoms with E-state index in [2.05, 4.69) is 4.98 Å². The minimum absolute atomic E-state index is 0.130. The van der Waals surface area contributed by atoms with Crippen LogP contribution < -0.4 is 0 Å². The second-order valence-corrected chi connectivity index (χ2v) is 8.14. The standard InChI is InChI=1S/C18H27N3O4/c1-11-8-20(9-12(2)21(11)17(23)25-18(3,4)5)16(22)15-14(13-6-7-13)19-10-24-15/h10-13H,6-9H2,1-5H3. The summed E-state index contributed by atoms with van der Waals surface area (Å²) in [7, 11) is 0. The molecule has 3 rings (SSSR count). The first-order chi connectivity index (χ1) is 11.7. The summed E-state index contributed by atoms with van der Waals surface area (Å²) >= 11 is 0. The van der Waals surface area contributed by atoms with Crippen LogP contribution >= 0.6 is 0 Å². The van der Waals surface area contributed by atoms with E-state index >= 15 is 0 Å². The number of rotatable bonds is 2. The van der Waals surface area contributed by atoms with Crippen molar-refractivity contribution in [2.24, 2.45) is 0 Å². The van der Waals surface area contributed by atoms with Gasteiger partial charge < -0.3 is 14.1 Å². The molecule has 0 spiro atoms. The molecule has 2 heterocycles. The van der Waals surface area contributed by atoms with Gasteiger partial charge in [0.05, 0.1) is 17.8 Å². The summed E-state index contributed by atoms with van der Waals surface area (Å²) in [5.41, 5.74) is 0.238. The third-order valence-electron chi connectivity index (χ3n) is 4.56. The zero-order valence-electron chi connectivity index (χ0n) is 15.6. The maximum Gasteiger partial charge on any atom is 0.410 e. The van der Waals surface area contributed by atoms with E-state index in [-0.39, 0.29) is 24.1 Å². The van der Waals surface area contributed by atoms with Crippen LogP contribution in [0.15, 0.2) is 10.8 Å². The summed E-state index contributed by atoms with van der Waals surface area (Å²) in [6.07, 6.45) is 3.14. The number of oxazole rings is 1. The van der Waals surface area contributed by atoms with E-state index in [9.17, 15) is 9.59 Å². The van der Waals surface area contributed by atoms with Gasteiger partial charge in [0.25, 0.3) is 5.91 Å². The first-order valence-electron chi connectivity index (χ1n) is 8.91. The molecular formula is C18H27N3O4. The Morgan fingerprint density at radius 3 is 2.32 bits per heavy atom. The fourth-order valence-corrected chi connectivity index (χ4v) is 3.37. The van der Waals surface area contributed by atoms with Crippen molar-refractivity contribution in [2.75, 3.05) is 13.1 Å². The van der Waals surface area contributed by atoms with Gasteiger partial charge >= 0.3 is 6.09 Å². The topological polar surface area (TPSA) is 75.9 Å². The summed E-state index contributed by atoms with van der Waals surface area (Å²) in [6, 6.07) is -0.260. The Morgan fingerprint density at radius 2 is 1.80 bits per heavy atom. The number of carbonyl (C=O) groups is 2. The van der Waals surface area contributed by atoms with Crippen LogP contribution in [-0.2, 0) is 4.74 Å². The van der Waals surface area contributed by atoms with E-state index in [1.54, 1.807) is 9.80 Å².